The smallest absolute Gasteiger partial charge is 0.340 e. The average molecular weight is 344 g/mol. The Morgan fingerprint density at radius 2 is 2.32 bits per heavy atom. The molecule has 0 saturated heterocycles. The molecule has 0 aliphatic heterocycles. The van der Waals surface area contributed by atoms with E-state index in [9.17, 15) is 14.9 Å². The molecule has 130 valence electrons. The van der Waals surface area contributed by atoms with Gasteiger partial charge in [-0.1, -0.05) is 0 Å². The van der Waals surface area contributed by atoms with Crippen molar-refractivity contribution in [2.75, 3.05) is 24.7 Å². The monoisotopic (exact) mass is 344 g/mol. The molecule has 2 rings (SSSR count). The number of rotatable bonds is 7. The van der Waals surface area contributed by atoms with Crippen LogP contribution in [0.5, 0.6) is 0 Å². The second-order valence-electron chi connectivity index (χ2n) is 5.08. The SMILES string of the molecule is COC(=O)c1cc([N+](=O)[O-])ccc1NCCCc1[nH]nc(N)c1C#N. The van der Waals surface area contributed by atoms with Gasteiger partial charge >= 0.3 is 5.97 Å². The molecule has 4 N–H and O–H groups in total. The van der Waals surface area contributed by atoms with Gasteiger partial charge in [0, 0.05) is 24.4 Å². The predicted octanol–water partition coefficient (Wildman–Crippen LogP) is 1.60. The van der Waals surface area contributed by atoms with Gasteiger partial charge in [0.05, 0.1) is 23.3 Å². The van der Waals surface area contributed by atoms with Crippen molar-refractivity contribution in [2.45, 2.75) is 12.8 Å². The molecule has 0 fully saturated rings. The molecule has 0 atom stereocenters. The summed E-state index contributed by atoms with van der Waals surface area (Å²) in [6, 6.07) is 5.91. The van der Waals surface area contributed by atoms with E-state index in [-0.39, 0.29) is 17.1 Å². The fourth-order valence-corrected chi connectivity index (χ4v) is 2.27. The molecule has 0 radical (unpaired) electrons. The van der Waals surface area contributed by atoms with Gasteiger partial charge in [-0.15, -0.1) is 0 Å². The normalized spacial score (nSPS) is 10.1. The summed E-state index contributed by atoms with van der Waals surface area (Å²) in [4.78, 5) is 22.1. The predicted molar refractivity (Wildman–Crippen MR) is 89.0 cm³/mol. The maximum atomic E-state index is 11.8. The highest BCUT2D eigenvalue weighted by atomic mass is 16.6. The Morgan fingerprint density at radius 1 is 1.56 bits per heavy atom. The number of hydrogen-bond acceptors (Lipinski definition) is 8. The van der Waals surface area contributed by atoms with Gasteiger partial charge in [-0.2, -0.15) is 10.4 Å². The molecule has 1 heterocycles. The first-order valence-corrected chi connectivity index (χ1v) is 7.31. The molecule has 10 nitrogen and oxygen atoms in total. The summed E-state index contributed by atoms with van der Waals surface area (Å²) in [7, 11) is 1.21. The highest BCUT2D eigenvalue weighted by molar-refractivity contribution is 5.96. The number of H-pyrrole nitrogens is 1. The molecule has 10 heteroatoms. The second-order valence-corrected chi connectivity index (χ2v) is 5.08. The van der Waals surface area contributed by atoms with Gasteiger partial charge in [-0.05, 0) is 18.9 Å². The summed E-state index contributed by atoms with van der Waals surface area (Å²) < 4.78 is 4.66. The van der Waals surface area contributed by atoms with Gasteiger partial charge in [0.2, 0.25) is 0 Å². The number of anilines is 2. The molecule has 0 saturated carbocycles. The number of nitrogens with zero attached hydrogens (tertiary/aromatic N) is 3. The molecule has 1 aromatic carbocycles. The van der Waals surface area contributed by atoms with Crippen molar-refractivity contribution < 1.29 is 14.5 Å². The standard InChI is InChI=1S/C15H16N6O4/c1-25-15(22)10-7-9(21(23)24)4-5-12(10)18-6-2-3-13-11(8-16)14(17)20-19-13/h4-5,7,18H,2-3,6H2,1H3,(H3,17,19,20). The molecule has 0 aliphatic rings. The number of carbonyl (C=O) groups excluding carboxylic acids is 1. The number of hydrogen-bond donors (Lipinski definition) is 3. The molecular weight excluding hydrogens is 328 g/mol. The number of nitro benzene ring substituents is 1. The number of nitrogens with two attached hydrogens (primary N) is 1. The lowest BCUT2D eigenvalue weighted by Crippen LogP contribution is -2.10. The number of non-ortho nitro benzene ring substituents is 1. The molecule has 2 aromatic rings. The van der Waals surface area contributed by atoms with Crippen molar-refractivity contribution in [2.24, 2.45) is 0 Å². The largest absolute Gasteiger partial charge is 0.465 e. The lowest BCUT2D eigenvalue weighted by molar-refractivity contribution is -0.384. The van der Waals surface area contributed by atoms with E-state index in [1.54, 1.807) is 0 Å². The van der Waals surface area contributed by atoms with Crippen LogP contribution in [0.4, 0.5) is 17.2 Å². The van der Waals surface area contributed by atoms with Crippen LogP contribution >= 0.6 is 0 Å². The Hall–Kier alpha value is -3.61. The van der Waals surface area contributed by atoms with Crippen LogP contribution < -0.4 is 11.1 Å². The molecule has 25 heavy (non-hydrogen) atoms. The fraction of sp³-hybridized carbons (Fsp3) is 0.267. The Morgan fingerprint density at radius 3 is 2.96 bits per heavy atom. The van der Waals surface area contributed by atoms with E-state index in [1.165, 1.54) is 19.2 Å². The van der Waals surface area contributed by atoms with Crippen LogP contribution in [0.1, 0.15) is 28.0 Å². The Balaban J connectivity index is 2.04. The number of esters is 1. The number of aryl methyl sites for hydroxylation is 1. The van der Waals surface area contributed by atoms with E-state index in [0.29, 0.717) is 36.3 Å². The van der Waals surface area contributed by atoms with Crippen LogP contribution in [0, 0.1) is 21.4 Å². The van der Waals surface area contributed by atoms with Gasteiger partial charge < -0.3 is 15.8 Å². The quantitative estimate of drug-likeness (QED) is 0.295. The number of aromatic amines is 1. The molecule has 0 spiro atoms. The number of nitrogen functional groups attached to an aromatic ring is 1. The first-order chi connectivity index (χ1) is 12.0. The Kier molecular flexibility index (Phi) is 5.52. The minimum Gasteiger partial charge on any atom is -0.465 e. The molecular formula is C15H16N6O4. The van der Waals surface area contributed by atoms with Crippen molar-refractivity contribution in [3.8, 4) is 6.07 Å². The molecule has 0 unspecified atom stereocenters. The van der Waals surface area contributed by atoms with Crippen molar-refractivity contribution in [3.63, 3.8) is 0 Å². The lowest BCUT2D eigenvalue weighted by Gasteiger charge is -2.10. The summed E-state index contributed by atoms with van der Waals surface area (Å²) in [6.07, 6.45) is 1.15. The summed E-state index contributed by atoms with van der Waals surface area (Å²) in [5.41, 5.74) is 6.85. The van der Waals surface area contributed by atoms with E-state index < -0.39 is 10.9 Å². The van der Waals surface area contributed by atoms with Crippen molar-refractivity contribution in [1.29, 1.82) is 5.26 Å². The summed E-state index contributed by atoms with van der Waals surface area (Å²) in [5, 5.41) is 29.4. The summed E-state index contributed by atoms with van der Waals surface area (Å²) >= 11 is 0. The van der Waals surface area contributed by atoms with Crippen molar-refractivity contribution >= 4 is 23.2 Å². The number of nitriles is 1. The summed E-state index contributed by atoms with van der Waals surface area (Å²) in [5.74, 6) is -0.506. The zero-order valence-corrected chi connectivity index (χ0v) is 13.4. The summed E-state index contributed by atoms with van der Waals surface area (Å²) in [6.45, 7) is 0.464. The van der Waals surface area contributed by atoms with E-state index >= 15 is 0 Å². The van der Waals surface area contributed by atoms with Crippen LogP contribution in [0.15, 0.2) is 18.2 Å². The van der Waals surface area contributed by atoms with Crippen molar-refractivity contribution in [1.82, 2.24) is 10.2 Å². The third kappa shape index (κ3) is 4.03. The van der Waals surface area contributed by atoms with E-state index in [4.69, 9.17) is 11.0 Å². The third-order valence-electron chi connectivity index (χ3n) is 3.52. The highest BCUT2D eigenvalue weighted by Crippen LogP contribution is 2.23. The molecule has 1 aromatic heterocycles. The second kappa shape index (κ2) is 7.78. The number of carbonyl (C=O) groups is 1. The van der Waals surface area contributed by atoms with Crippen LogP contribution in [0.2, 0.25) is 0 Å². The minimum absolute atomic E-state index is 0.0835. The lowest BCUT2D eigenvalue weighted by atomic mass is 10.1. The first kappa shape index (κ1) is 17.7. The van der Waals surface area contributed by atoms with Crippen LogP contribution in [-0.4, -0.2) is 34.7 Å². The van der Waals surface area contributed by atoms with E-state index in [2.05, 4.69) is 20.3 Å². The number of ether oxygens (including phenoxy) is 1. The van der Waals surface area contributed by atoms with Gasteiger partial charge in [0.15, 0.2) is 5.82 Å². The molecule has 0 bridgehead atoms. The van der Waals surface area contributed by atoms with Crippen LogP contribution in [0.25, 0.3) is 0 Å². The average Bonchev–Trinajstić information content (AvgIpc) is 2.97. The fourth-order valence-electron chi connectivity index (χ4n) is 2.27. The third-order valence-corrected chi connectivity index (χ3v) is 3.52. The van der Waals surface area contributed by atoms with Gasteiger partial charge in [-0.25, -0.2) is 4.79 Å². The zero-order chi connectivity index (χ0) is 18.4. The maximum absolute atomic E-state index is 11.8. The number of nitro groups is 1. The first-order valence-electron chi connectivity index (χ1n) is 7.31. The van der Waals surface area contributed by atoms with Gasteiger partial charge in [0.25, 0.3) is 5.69 Å². The minimum atomic E-state index is -0.667. The topological polar surface area (TPSA) is 160 Å². The van der Waals surface area contributed by atoms with Gasteiger partial charge in [0.1, 0.15) is 11.6 Å². The Labute approximate surface area is 142 Å². The van der Waals surface area contributed by atoms with E-state index in [1.807, 2.05) is 6.07 Å². The number of aromatic nitrogens is 2. The number of methoxy groups -OCH3 is 1. The Bertz CT molecular complexity index is 839. The maximum Gasteiger partial charge on any atom is 0.340 e. The van der Waals surface area contributed by atoms with Crippen LogP contribution in [-0.2, 0) is 11.2 Å². The number of nitrogens with one attached hydrogen (secondary N) is 2. The van der Waals surface area contributed by atoms with Crippen LogP contribution in [0.3, 0.4) is 0 Å². The van der Waals surface area contributed by atoms with Crippen molar-refractivity contribution in [3.05, 3.63) is 45.1 Å². The highest BCUT2D eigenvalue weighted by Gasteiger charge is 2.17. The zero-order valence-electron chi connectivity index (χ0n) is 13.4. The molecule has 0 amide bonds. The molecule has 0 aliphatic carbocycles. The van der Waals surface area contributed by atoms with E-state index in [0.717, 1.165) is 6.07 Å². The number of benzene rings is 1. The van der Waals surface area contributed by atoms with Gasteiger partial charge in [-0.3, -0.25) is 15.2 Å².